The van der Waals surface area contributed by atoms with Gasteiger partial charge in [-0.1, -0.05) is 60.1 Å². The van der Waals surface area contributed by atoms with Crippen molar-refractivity contribution in [3.63, 3.8) is 0 Å². The zero-order valence-corrected chi connectivity index (χ0v) is 18.7. The van der Waals surface area contributed by atoms with E-state index in [1.165, 1.54) is 0 Å². The Bertz CT molecular complexity index is 1130. The third-order valence-electron chi connectivity index (χ3n) is 6.07. The number of carbonyl (C=O) groups is 2. The maximum absolute atomic E-state index is 13.1. The van der Waals surface area contributed by atoms with Crippen LogP contribution in [0.15, 0.2) is 66.7 Å². The molecule has 0 aromatic heterocycles. The molecule has 0 radical (unpaired) electrons. The van der Waals surface area contributed by atoms with Gasteiger partial charge in [0.25, 0.3) is 0 Å². The molecule has 3 aromatic rings. The van der Waals surface area contributed by atoms with Gasteiger partial charge in [0.2, 0.25) is 11.8 Å². The minimum Gasteiger partial charge on any atom is -0.493 e. The molecule has 1 heterocycles. The number of likely N-dealkylation sites (tertiary alicyclic amines) is 1. The third kappa shape index (κ3) is 5.40. The normalized spacial score (nSPS) is 18.5. The Labute approximate surface area is 193 Å². The van der Waals surface area contributed by atoms with Gasteiger partial charge in [-0.2, -0.15) is 0 Å². The summed E-state index contributed by atoms with van der Waals surface area (Å²) >= 11 is 6.06. The van der Waals surface area contributed by atoms with Gasteiger partial charge >= 0.3 is 0 Å². The smallest absolute Gasteiger partial charge is 0.227 e. The monoisotopic (exact) mass is 450 g/mol. The SMILES string of the molecule is NC(=O)C[C@@]1(COc2cccc(Cl)c2)CCCN(C(=O)Cc2ccc3ccccc3c2)C1. The molecular formula is C26H27ClN2O3. The van der Waals surface area contributed by atoms with Crippen molar-refractivity contribution in [1.29, 1.82) is 0 Å². The number of halogens is 1. The highest BCUT2D eigenvalue weighted by Gasteiger charge is 2.39. The number of amides is 2. The molecule has 1 aliphatic heterocycles. The molecule has 4 rings (SSSR count). The molecule has 2 N–H and O–H groups in total. The lowest BCUT2D eigenvalue weighted by molar-refractivity contribution is -0.136. The summed E-state index contributed by atoms with van der Waals surface area (Å²) in [5, 5.41) is 2.86. The van der Waals surface area contributed by atoms with Crippen LogP contribution in [0.3, 0.4) is 0 Å². The maximum Gasteiger partial charge on any atom is 0.227 e. The zero-order valence-electron chi connectivity index (χ0n) is 17.9. The predicted molar refractivity (Wildman–Crippen MR) is 127 cm³/mol. The Hall–Kier alpha value is -3.05. The highest BCUT2D eigenvalue weighted by Crippen LogP contribution is 2.35. The maximum atomic E-state index is 13.1. The van der Waals surface area contributed by atoms with E-state index in [0.29, 0.717) is 36.9 Å². The van der Waals surface area contributed by atoms with Gasteiger partial charge in [-0.05, 0) is 47.4 Å². The van der Waals surface area contributed by atoms with Crippen molar-refractivity contribution in [3.8, 4) is 5.75 Å². The van der Waals surface area contributed by atoms with E-state index in [4.69, 9.17) is 22.1 Å². The number of hydrogen-bond acceptors (Lipinski definition) is 3. The number of hydrogen-bond donors (Lipinski definition) is 1. The topological polar surface area (TPSA) is 72.6 Å². The van der Waals surface area contributed by atoms with Gasteiger partial charge in [0.15, 0.2) is 0 Å². The van der Waals surface area contributed by atoms with Crippen LogP contribution in [-0.4, -0.2) is 36.4 Å². The summed E-state index contributed by atoms with van der Waals surface area (Å²) in [6.45, 7) is 1.42. The van der Waals surface area contributed by atoms with Gasteiger partial charge in [0, 0.05) is 29.9 Å². The van der Waals surface area contributed by atoms with Crippen LogP contribution < -0.4 is 10.5 Å². The van der Waals surface area contributed by atoms with Crippen molar-refractivity contribution in [2.45, 2.75) is 25.7 Å². The summed E-state index contributed by atoms with van der Waals surface area (Å²) in [6, 6.07) is 21.4. The Morgan fingerprint density at radius 3 is 2.62 bits per heavy atom. The van der Waals surface area contributed by atoms with Gasteiger partial charge in [-0.15, -0.1) is 0 Å². The first-order chi connectivity index (χ1) is 15.4. The largest absolute Gasteiger partial charge is 0.493 e. The fourth-order valence-electron chi connectivity index (χ4n) is 4.53. The summed E-state index contributed by atoms with van der Waals surface area (Å²) < 4.78 is 5.99. The number of nitrogens with zero attached hydrogens (tertiary/aromatic N) is 1. The van der Waals surface area contributed by atoms with Crippen molar-refractivity contribution < 1.29 is 14.3 Å². The fraction of sp³-hybridized carbons (Fsp3) is 0.308. The van der Waals surface area contributed by atoms with Crippen molar-refractivity contribution >= 4 is 34.2 Å². The van der Waals surface area contributed by atoms with Crippen LogP contribution in [0.25, 0.3) is 10.8 Å². The lowest BCUT2D eigenvalue weighted by Crippen LogP contribution is -2.50. The van der Waals surface area contributed by atoms with Gasteiger partial charge in [0.05, 0.1) is 13.0 Å². The minimum atomic E-state index is -0.508. The number of piperidine rings is 1. The second-order valence-corrected chi connectivity index (χ2v) is 9.10. The first kappa shape index (κ1) is 22.2. The molecule has 0 unspecified atom stereocenters. The van der Waals surface area contributed by atoms with Crippen LogP contribution in [0, 0.1) is 5.41 Å². The van der Waals surface area contributed by atoms with E-state index in [1.54, 1.807) is 12.1 Å². The average molecular weight is 451 g/mol. The summed E-state index contributed by atoms with van der Waals surface area (Å²) in [5.74, 6) is 0.307. The van der Waals surface area contributed by atoms with Crippen LogP contribution in [-0.2, 0) is 16.0 Å². The molecular weight excluding hydrogens is 424 g/mol. The van der Waals surface area contributed by atoms with Gasteiger partial charge < -0.3 is 15.4 Å². The number of rotatable bonds is 7. The van der Waals surface area contributed by atoms with E-state index in [9.17, 15) is 9.59 Å². The number of benzene rings is 3. The molecule has 6 heteroatoms. The van der Waals surface area contributed by atoms with Crippen molar-refractivity contribution in [2.24, 2.45) is 11.1 Å². The molecule has 5 nitrogen and oxygen atoms in total. The van der Waals surface area contributed by atoms with Crippen molar-refractivity contribution in [3.05, 3.63) is 77.3 Å². The van der Waals surface area contributed by atoms with Crippen LogP contribution in [0.4, 0.5) is 0 Å². The molecule has 2 amide bonds. The number of primary amides is 1. The molecule has 1 fully saturated rings. The highest BCUT2D eigenvalue weighted by atomic mass is 35.5. The Morgan fingerprint density at radius 2 is 1.84 bits per heavy atom. The van der Waals surface area contributed by atoms with E-state index < -0.39 is 5.41 Å². The molecule has 0 spiro atoms. The molecule has 1 atom stereocenters. The van der Waals surface area contributed by atoms with Crippen LogP contribution >= 0.6 is 11.6 Å². The van der Waals surface area contributed by atoms with E-state index in [0.717, 1.165) is 29.2 Å². The second kappa shape index (κ2) is 9.61. The lowest BCUT2D eigenvalue weighted by atomic mass is 9.77. The van der Waals surface area contributed by atoms with Gasteiger partial charge in [-0.25, -0.2) is 0 Å². The van der Waals surface area contributed by atoms with Crippen LogP contribution in [0.2, 0.25) is 5.02 Å². The molecule has 0 bridgehead atoms. The number of carbonyl (C=O) groups excluding carboxylic acids is 2. The highest BCUT2D eigenvalue weighted by molar-refractivity contribution is 6.30. The third-order valence-corrected chi connectivity index (χ3v) is 6.31. The standard InChI is InChI=1S/C26H27ClN2O3/c27-22-7-3-8-23(15-22)32-18-26(16-24(28)30)11-4-12-29(17-26)25(31)14-19-9-10-20-5-1-2-6-21(20)13-19/h1-3,5-10,13,15H,4,11-12,14,16-18H2,(H2,28,30)/t26-/m0/s1. The Kier molecular flexibility index (Phi) is 6.66. The average Bonchev–Trinajstić information content (AvgIpc) is 2.77. The van der Waals surface area contributed by atoms with Crippen molar-refractivity contribution in [2.75, 3.05) is 19.7 Å². The lowest BCUT2D eigenvalue weighted by Gasteiger charge is -2.42. The number of fused-ring (bicyclic) bond motifs is 1. The fourth-order valence-corrected chi connectivity index (χ4v) is 4.71. The molecule has 1 saturated heterocycles. The minimum absolute atomic E-state index is 0.0524. The first-order valence-electron chi connectivity index (χ1n) is 10.8. The Balaban J connectivity index is 1.47. The van der Waals surface area contributed by atoms with E-state index >= 15 is 0 Å². The van der Waals surface area contributed by atoms with Gasteiger partial charge in [-0.3, -0.25) is 9.59 Å². The van der Waals surface area contributed by atoms with Crippen LogP contribution in [0.5, 0.6) is 5.75 Å². The quantitative estimate of drug-likeness (QED) is 0.571. The van der Waals surface area contributed by atoms with E-state index in [-0.39, 0.29) is 18.2 Å². The van der Waals surface area contributed by atoms with Crippen molar-refractivity contribution in [1.82, 2.24) is 4.90 Å². The first-order valence-corrected chi connectivity index (χ1v) is 11.2. The molecule has 3 aromatic carbocycles. The summed E-state index contributed by atoms with van der Waals surface area (Å²) in [7, 11) is 0. The summed E-state index contributed by atoms with van der Waals surface area (Å²) in [6.07, 6.45) is 2.08. The number of nitrogens with two attached hydrogens (primary N) is 1. The summed E-state index contributed by atoms with van der Waals surface area (Å²) in [5.41, 5.74) is 6.05. The van der Waals surface area contributed by atoms with Gasteiger partial charge in [0.1, 0.15) is 5.75 Å². The molecule has 1 aliphatic rings. The predicted octanol–water partition coefficient (Wildman–Crippen LogP) is 4.60. The van der Waals surface area contributed by atoms with Crippen LogP contribution in [0.1, 0.15) is 24.8 Å². The van der Waals surface area contributed by atoms with E-state index in [2.05, 4.69) is 18.2 Å². The summed E-state index contributed by atoms with van der Waals surface area (Å²) in [4.78, 5) is 26.9. The molecule has 0 saturated carbocycles. The second-order valence-electron chi connectivity index (χ2n) is 8.67. The Morgan fingerprint density at radius 1 is 1.03 bits per heavy atom. The van der Waals surface area contributed by atoms with E-state index in [1.807, 2.05) is 41.3 Å². The molecule has 0 aliphatic carbocycles. The number of ether oxygens (including phenoxy) is 1. The zero-order chi connectivity index (χ0) is 22.6. The molecule has 32 heavy (non-hydrogen) atoms. The molecule has 166 valence electrons.